The average Bonchev–Trinajstić information content (AvgIpc) is 1.97. The third-order valence-electron chi connectivity index (χ3n) is 1.35. The van der Waals surface area contributed by atoms with E-state index in [2.05, 4.69) is 4.98 Å². The van der Waals surface area contributed by atoms with Crippen molar-refractivity contribution in [3.8, 4) is 5.75 Å². The van der Waals surface area contributed by atoms with Crippen molar-refractivity contribution in [3.05, 3.63) is 27.0 Å². The summed E-state index contributed by atoms with van der Waals surface area (Å²) in [7, 11) is 0. The molecular weight excluding hydrogens is 184 g/mol. The van der Waals surface area contributed by atoms with Crippen LogP contribution in [0.3, 0.4) is 0 Å². The van der Waals surface area contributed by atoms with Crippen molar-refractivity contribution < 1.29 is 10.0 Å². The standard InChI is InChI=1S/C6H5ClN2O3/c1-3-6(10)5(9(11)12)4(7)2-8-3/h2,10H,1H3. The van der Waals surface area contributed by atoms with Gasteiger partial charge < -0.3 is 5.11 Å². The van der Waals surface area contributed by atoms with Gasteiger partial charge in [0.2, 0.25) is 5.75 Å². The lowest BCUT2D eigenvalue weighted by atomic mass is 10.3. The Balaban J connectivity index is 3.43. The van der Waals surface area contributed by atoms with E-state index in [-0.39, 0.29) is 10.7 Å². The zero-order valence-electron chi connectivity index (χ0n) is 6.11. The largest absolute Gasteiger partial charge is 0.501 e. The Morgan fingerprint density at radius 2 is 2.33 bits per heavy atom. The Morgan fingerprint density at radius 1 is 1.75 bits per heavy atom. The predicted octanol–water partition coefficient (Wildman–Crippen LogP) is 1.66. The van der Waals surface area contributed by atoms with Crippen LogP contribution in [0.1, 0.15) is 5.69 Å². The summed E-state index contributed by atoms with van der Waals surface area (Å²) < 4.78 is 0. The molecule has 6 heteroatoms. The van der Waals surface area contributed by atoms with Crippen LogP contribution in [0, 0.1) is 17.0 Å². The van der Waals surface area contributed by atoms with E-state index >= 15 is 0 Å². The lowest BCUT2D eigenvalue weighted by Gasteiger charge is -1.99. The maximum atomic E-state index is 10.3. The molecule has 64 valence electrons. The molecule has 0 fully saturated rings. The molecule has 0 unspecified atom stereocenters. The lowest BCUT2D eigenvalue weighted by molar-refractivity contribution is -0.385. The van der Waals surface area contributed by atoms with E-state index in [1.807, 2.05) is 0 Å². The zero-order chi connectivity index (χ0) is 9.30. The third-order valence-corrected chi connectivity index (χ3v) is 1.62. The highest BCUT2D eigenvalue weighted by atomic mass is 35.5. The molecule has 0 radical (unpaired) electrons. The van der Waals surface area contributed by atoms with Gasteiger partial charge in [-0.05, 0) is 6.92 Å². The summed E-state index contributed by atoms with van der Waals surface area (Å²) >= 11 is 5.43. The highest BCUT2D eigenvalue weighted by Gasteiger charge is 2.20. The number of rotatable bonds is 1. The topological polar surface area (TPSA) is 76.3 Å². The van der Waals surface area contributed by atoms with Gasteiger partial charge in [0.1, 0.15) is 5.02 Å². The smallest absolute Gasteiger partial charge is 0.332 e. The highest BCUT2D eigenvalue weighted by molar-refractivity contribution is 6.32. The quantitative estimate of drug-likeness (QED) is 0.537. The van der Waals surface area contributed by atoms with E-state index in [0.29, 0.717) is 0 Å². The van der Waals surface area contributed by atoms with Gasteiger partial charge in [-0.2, -0.15) is 0 Å². The number of aromatic hydroxyl groups is 1. The monoisotopic (exact) mass is 188 g/mol. The number of nitrogens with zero attached hydrogens (tertiary/aromatic N) is 2. The van der Waals surface area contributed by atoms with E-state index in [0.717, 1.165) is 6.20 Å². The summed E-state index contributed by atoms with van der Waals surface area (Å²) in [6.45, 7) is 1.46. The molecule has 0 atom stereocenters. The van der Waals surface area contributed by atoms with Crippen LogP contribution < -0.4 is 0 Å². The second kappa shape index (κ2) is 2.94. The predicted molar refractivity (Wildman–Crippen MR) is 42.3 cm³/mol. The summed E-state index contributed by atoms with van der Waals surface area (Å²) in [6.07, 6.45) is 1.13. The van der Waals surface area contributed by atoms with Crippen LogP contribution >= 0.6 is 11.6 Å². The number of nitro groups is 1. The van der Waals surface area contributed by atoms with Gasteiger partial charge in [-0.15, -0.1) is 0 Å². The highest BCUT2D eigenvalue weighted by Crippen LogP contribution is 2.34. The number of hydrogen-bond acceptors (Lipinski definition) is 4. The minimum atomic E-state index is -0.744. The SMILES string of the molecule is Cc1ncc(Cl)c([N+](=O)[O-])c1O. The van der Waals surface area contributed by atoms with Crippen molar-refractivity contribution in [2.45, 2.75) is 6.92 Å². The van der Waals surface area contributed by atoms with E-state index in [1.165, 1.54) is 6.92 Å². The van der Waals surface area contributed by atoms with Gasteiger partial charge in [0, 0.05) is 0 Å². The molecule has 0 aliphatic heterocycles. The normalized spacial score (nSPS) is 9.83. The van der Waals surface area contributed by atoms with E-state index in [1.54, 1.807) is 0 Å². The van der Waals surface area contributed by atoms with Crippen LogP contribution in [0.5, 0.6) is 5.75 Å². The second-order valence-corrected chi connectivity index (χ2v) is 2.55. The molecule has 0 saturated heterocycles. The van der Waals surface area contributed by atoms with Crippen LogP contribution in [0.2, 0.25) is 5.02 Å². The van der Waals surface area contributed by atoms with Crippen LogP contribution in [-0.4, -0.2) is 15.0 Å². The van der Waals surface area contributed by atoms with Crippen molar-refractivity contribution in [2.24, 2.45) is 0 Å². The van der Waals surface area contributed by atoms with Crippen LogP contribution in [-0.2, 0) is 0 Å². The van der Waals surface area contributed by atoms with E-state index in [9.17, 15) is 10.1 Å². The number of aromatic nitrogens is 1. The van der Waals surface area contributed by atoms with Crippen LogP contribution in [0.25, 0.3) is 0 Å². The molecular formula is C6H5ClN2O3. The summed E-state index contributed by atoms with van der Waals surface area (Å²) in [4.78, 5) is 13.2. The summed E-state index contributed by atoms with van der Waals surface area (Å²) in [6, 6.07) is 0. The number of pyridine rings is 1. The molecule has 5 nitrogen and oxygen atoms in total. The van der Waals surface area contributed by atoms with Gasteiger partial charge in [0.25, 0.3) is 0 Å². The molecule has 0 amide bonds. The van der Waals surface area contributed by atoms with Crippen LogP contribution in [0.15, 0.2) is 6.20 Å². The van der Waals surface area contributed by atoms with Gasteiger partial charge in [0.05, 0.1) is 16.8 Å². The Hall–Kier alpha value is -1.36. The molecule has 0 saturated carbocycles. The third kappa shape index (κ3) is 1.31. The number of halogens is 1. The van der Waals surface area contributed by atoms with Crippen molar-refractivity contribution in [1.29, 1.82) is 0 Å². The molecule has 0 aromatic carbocycles. The summed E-state index contributed by atoms with van der Waals surface area (Å²) in [5.41, 5.74) is -0.310. The van der Waals surface area contributed by atoms with Crippen molar-refractivity contribution in [2.75, 3.05) is 0 Å². The average molecular weight is 189 g/mol. The zero-order valence-corrected chi connectivity index (χ0v) is 6.87. The first kappa shape index (κ1) is 8.73. The van der Waals surface area contributed by atoms with Gasteiger partial charge in [-0.3, -0.25) is 15.1 Å². The molecule has 0 aliphatic rings. The molecule has 1 heterocycles. The summed E-state index contributed by atoms with van der Waals surface area (Å²) in [5.74, 6) is -0.479. The molecule has 12 heavy (non-hydrogen) atoms. The number of hydrogen-bond donors (Lipinski definition) is 1. The molecule has 0 spiro atoms. The summed E-state index contributed by atoms with van der Waals surface area (Å²) in [5, 5.41) is 19.3. The fourth-order valence-electron chi connectivity index (χ4n) is 0.734. The van der Waals surface area contributed by atoms with E-state index in [4.69, 9.17) is 16.7 Å². The first-order valence-corrected chi connectivity index (χ1v) is 3.40. The van der Waals surface area contributed by atoms with Crippen molar-refractivity contribution >= 4 is 17.3 Å². The Kier molecular flexibility index (Phi) is 2.14. The van der Waals surface area contributed by atoms with Gasteiger partial charge >= 0.3 is 5.69 Å². The minimum absolute atomic E-state index is 0.164. The molecule has 1 rings (SSSR count). The maximum absolute atomic E-state index is 10.3. The Morgan fingerprint density at radius 3 is 2.75 bits per heavy atom. The number of aryl methyl sites for hydroxylation is 1. The maximum Gasteiger partial charge on any atom is 0.332 e. The van der Waals surface area contributed by atoms with Gasteiger partial charge in [-0.25, -0.2) is 0 Å². The van der Waals surface area contributed by atoms with Gasteiger partial charge in [0.15, 0.2) is 0 Å². The minimum Gasteiger partial charge on any atom is -0.501 e. The molecule has 0 aliphatic carbocycles. The molecule has 1 N–H and O–H groups in total. The second-order valence-electron chi connectivity index (χ2n) is 2.15. The Bertz CT molecular complexity index is 340. The first-order valence-electron chi connectivity index (χ1n) is 3.02. The van der Waals surface area contributed by atoms with Gasteiger partial charge in [-0.1, -0.05) is 11.6 Å². The molecule has 1 aromatic heterocycles. The fraction of sp³-hybridized carbons (Fsp3) is 0.167. The molecule has 1 aromatic rings. The first-order chi connectivity index (χ1) is 5.54. The van der Waals surface area contributed by atoms with Crippen molar-refractivity contribution in [3.63, 3.8) is 0 Å². The fourth-order valence-corrected chi connectivity index (χ4v) is 0.941. The molecule has 0 bridgehead atoms. The van der Waals surface area contributed by atoms with Crippen LogP contribution in [0.4, 0.5) is 5.69 Å². The Labute approximate surface area is 72.8 Å². The van der Waals surface area contributed by atoms with E-state index < -0.39 is 16.4 Å². The van der Waals surface area contributed by atoms with Crippen molar-refractivity contribution in [1.82, 2.24) is 4.98 Å². The lowest BCUT2D eigenvalue weighted by Crippen LogP contribution is -1.93.